The van der Waals surface area contributed by atoms with Crippen molar-refractivity contribution in [1.29, 1.82) is 0 Å². The van der Waals surface area contributed by atoms with Gasteiger partial charge < -0.3 is 25.7 Å². The first kappa shape index (κ1) is 23.9. The summed E-state index contributed by atoms with van der Waals surface area (Å²) in [6.45, 7) is 0. The highest BCUT2D eigenvalue weighted by Gasteiger charge is 2.54. The number of rotatable bonds is 9. The number of carbonyl (C=O) groups excluding carboxylic acids is 2. The molecule has 0 aromatic carbocycles. The average Bonchev–Trinajstić information content (AvgIpc) is 3.23. The molecule has 12 nitrogen and oxygen atoms in total. The minimum Gasteiger partial charge on any atom is -0.481 e. The highest BCUT2D eigenvalue weighted by atomic mass is 32.2. The van der Waals surface area contributed by atoms with Crippen molar-refractivity contribution in [2.45, 2.75) is 42.3 Å². The molecule has 1 aromatic heterocycles. The fourth-order valence-electron chi connectivity index (χ4n) is 3.76. The molecule has 14 heteroatoms. The van der Waals surface area contributed by atoms with Crippen LogP contribution in [-0.4, -0.2) is 72.0 Å². The Kier molecular flexibility index (Phi) is 6.97. The van der Waals surface area contributed by atoms with Gasteiger partial charge in [0.15, 0.2) is 0 Å². The molecule has 0 bridgehead atoms. The van der Waals surface area contributed by atoms with E-state index in [1.807, 2.05) is 12.2 Å². The molecule has 2 atom stereocenters. The van der Waals surface area contributed by atoms with Crippen LogP contribution < -0.4 is 11.1 Å². The number of hydrogen-bond acceptors (Lipinski definition) is 10. The SMILES string of the molecule is NC1=C(CC(=O)NC2C(=O)N3C(C(=O)O)=C(CSc4nnc(CC(=O)O)o4)CS[C@H]23)CC=CC1. The van der Waals surface area contributed by atoms with Crippen LogP contribution in [-0.2, 0) is 25.6 Å². The van der Waals surface area contributed by atoms with Gasteiger partial charge in [0.25, 0.3) is 11.1 Å². The van der Waals surface area contributed by atoms with Crippen molar-refractivity contribution >= 4 is 47.3 Å². The molecule has 1 saturated heterocycles. The molecule has 3 aliphatic rings. The third kappa shape index (κ3) is 4.97. The summed E-state index contributed by atoms with van der Waals surface area (Å²) in [7, 11) is 0. The molecule has 180 valence electrons. The number of nitrogens with zero attached hydrogens (tertiary/aromatic N) is 3. The summed E-state index contributed by atoms with van der Waals surface area (Å²) in [5, 5.41) is 28.2. The normalized spacial score (nSPS) is 21.9. The molecule has 0 spiro atoms. The number of carboxylic acids is 2. The van der Waals surface area contributed by atoms with Gasteiger partial charge in [0, 0.05) is 30.0 Å². The van der Waals surface area contributed by atoms with Gasteiger partial charge in [-0.2, -0.15) is 0 Å². The minimum absolute atomic E-state index is 0.0567. The highest BCUT2D eigenvalue weighted by molar-refractivity contribution is 8.01. The Balaban J connectivity index is 1.40. The molecule has 2 aliphatic heterocycles. The number of carbonyl (C=O) groups is 4. The van der Waals surface area contributed by atoms with Crippen LogP contribution in [0.1, 0.15) is 25.2 Å². The number of nitrogens with two attached hydrogens (primary N) is 1. The summed E-state index contributed by atoms with van der Waals surface area (Å²) in [6.07, 6.45) is 4.74. The number of thioether (sulfide) groups is 2. The third-order valence-electron chi connectivity index (χ3n) is 5.38. The molecule has 2 amide bonds. The van der Waals surface area contributed by atoms with Crippen molar-refractivity contribution < 1.29 is 33.8 Å². The Bertz CT molecular complexity index is 1140. The predicted molar refractivity (Wildman–Crippen MR) is 120 cm³/mol. The van der Waals surface area contributed by atoms with Crippen molar-refractivity contribution in [3.8, 4) is 0 Å². The van der Waals surface area contributed by atoms with Crippen LogP contribution in [0.25, 0.3) is 0 Å². The van der Waals surface area contributed by atoms with Crippen molar-refractivity contribution in [2.75, 3.05) is 11.5 Å². The zero-order valence-electron chi connectivity index (χ0n) is 17.7. The van der Waals surface area contributed by atoms with E-state index < -0.39 is 35.7 Å². The molecule has 1 fully saturated rings. The fraction of sp³-hybridized carbons (Fsp3) is 0.400. The molecule has 34 heavy (non-hydrogen) atoms. The second-order valence-corrected chi connectivity index (χ2v) is 9.75. The zero-order chi connectivity index (χ0) is 24.4. The average molecular weight is 508 g/mol. The lowest BCUT2D eigenvalue weighted by Gasteiger charge is -2.49. The first-order chi connectivity index (χ1) is 16.2. The van der Waals surface area contributed by atoms with Crippen LogP contribution >= 0.6 is 23.5 Å². The van der Waals surface area contributed by atoms with Crippen LogP contribution in [0.15, 0.2) is 44.3 Å². The second kappa shape index (κ2) is 9.93. The number of allylic oxidation sites excluding steroid dienone is 2. The first-order valence-corrected chi connectivity index (χ1v) is 12.3. The lowest BCUT2D eigenvalue weighted by Crippen LogP contribution is -2.70. The third-order valence-corrected chi connectivity index (χ3v) is 7.63. The summed E-state index contributed by atoms with van der Waals surface area (Å²) < 4.78 is 5.23. The van der Waals surface area contributed by atoms with Crippen LogP contribution in [0, 0.1) is 0 Å². The number of aliphatic carboxylic acids is 2. The van der Waals surface area contributed by atoms with Gasteiger partial charge in [0.1, 0.15) is 23.5 Å². The van der Waals surface area contributed by atoms with E-state index in [1.54, 1.807) is 0 Å². The number of amides is 2. The van der Waals surface area contributed by atoms with Gasteiger partial charge in [-0.15, -0.1) is 22.0 Å². The molecule has 0 saturated carbocycles. The number of β-lactam (4-membered cyclic amide) rings is 1. The van der Waals surface area contributed by atoms with Crippen molar-refractivity contribution in [2.24, 2.45) is 5.73 Å². The van der Waals surface area contributed by atoms with Gasteiger partial charge in [-0.25, -0.2) is 4.79 Å². The van der Waals surface area contributed by atoms with E-state index in [0.717, 1.165) is 17.3 Å². The highest BCUT2D eigenvalue weighted by Crippen LogP contribution is 2.41. The second-order valence-electron chi connectivity index (χ2n) is 7.72. The summed E-state index contributed by atoms with van der Waals surface area (Å²) in [4.78, 5) is 49.2. The van der Waals surface area contributed by atoms with Crippen LogP contribution in [0.4, 0.5) is 0 Å². The monoisotopic (exact) mass is 507 g/mol. The Morgan fingerprint density at radius 2 is 1.97 bits per heavy atom. The Morgan fingerprint density at radius 1 is 1.21 bits per heavy atom. The molecule has 1 unspecified atom stereocenters. The van der Waals surface area contributed by atoms with Crippen molar-refractivity contribution in [3.05, 3.63) is 40.6 Å². The Labute approximate surface area is 201 Å². The van der Waals surface area contributed by atoms with Crippen LogP contribution in [0.2, 0.25) is 0 Å². The topological polar surface area (TPSA) is 189 Å². The summed E-state index contributed by atoms with van der Waals surface area (Å²) >= 11 is 2.41. The molecular weight excluding hydrogens is 486 g/mol. The zero-order valence-corrected chi connectivity index (χ0v) is 19.4. The number of fused-ring (bicyclic) bond motifs is 1. The molecule has 0 radical (unpaired) electrons. The number of hydrogen-bond donors (Lipinski definition) is 4. The summed E-state index contributed by atoms with van der Waals surface area (Å²) in [5.74, 6) is -2.74. The van der Waals surface area contributed by atoms with E-state index in [0.29, 0.717) is 29.9 Å². The smallest absolute Gasteiger partial charge is 0.352 e. The molecular formula is C20H21N5O7S2. The van der Waals surface area contributed by atoms with E-state index in [1.165, 1.54) is 16.7 Å². The van der Waals surface area contributed by atoms with Gasteiger partial charge in [0.2, 0.25) is 11.8 Å². The Hall–Kier alpha value is -3.26. The lowest BCUT2D eigenvalue weighted by atomic mass is 9.98. The van der Waals surface area contributed by atoms with Crippen molar-refractivity contribution in [3.63, 3.8) is 0 Å². The van der Waals surface area contributed by atoms with Crippen molar-refractivity contribution in [1.82, 2.24) is 20.4 Å². The van der Waals surface area contributed by atoms with E-state index in [-0.39, 0.29) is 34.9 Å². The maximum absolute atomic E-state index is 12.8. The standard InChI is InChI=1S/C20H21N5O7S2/c21-11-4-2-1-3-9(11)5-12(26)22-15-17(29)25-16(19(30)31)10(7-33-18(15)25)8-34-20-24-23-13(32-20)6-14(27)28/h1-2,15,18H,3-8,21H2,(H,22,26)(H,27,28)(H,30,31)/t15?,18-/m1/s1. The summed E-state index contributed by atoms with van der Waals surface area (Å²) in [6, 6.07) is -0.809. The lowest BCUT2D eigenvalue weighted by molar-refractivity contribution is -0.150. The quantitative estimate of drug-likeness (QED) is 0.206. The maximum atomic E-state index is 12.8. The van der Waals surface area contributed by atoms with Crippen LogP contribution in [0.3, 0.4) is 0 Å². The predicted octanol–water partition coefficient (Wildman–Crippen LogP) is 0.480. The van der Waals surface area contributed by atoms with Gasteiger partial charge in [-0.05, 0) is 17.6 Å². The van der Waals surface area contributed by atoms with E-state index in [9.17, 15) is 24.3 Å². The van der Waals surface area contributed by atoms with Crippen LogP contribution in [0.5, 0.6) is 0 Å². The molecule has 1 aliphatic carbocycles. The van der Waals surface area contributed by atoms with Gasteiger partial charge in [-0.3, -0.25) is 19.3 Å². The van der Waals surface area contributed by atoms with Gasteiger partial charge in [0.05, 0.1) is 0 Å². The largest absolute Gasteiger partial charge is 0.481 e. The number of carboxylic acid groups (broad SMARTS) is 2. The van der Waals surface area contributed by atoms with E-state index >= 15 is 0 Å². The minimum atomic E-state index is -1.25. The fourth-order valence-corrected chi connectivity index (χ4v) is 6.02. The molecule has 3 heterocycles. The maximum Gasteiger partial charge on any atom is 0.352 e. The van der Waals surface area contributed by atoms with Gasteiger partial charge >= 0.3 is 11.9 Å². The molecule has 5 N–H and O–H groups in total. The van der Waals surface area contributed by atoms with E-state index in [4.69, 9.17) is 15.3 Å². The number of aromatic nitrogens is 2. The van der Waals surface area contributed by atoms with Gasteiger partial charge in [-0.1, -0.05) is 23.9 Å². The first-order valence-electron chi connectivity index (χ1n) is 10.2. The van der Waals surface area contributed by atoms with E-state index in [2.05, 4.69) is 15.5 Å². The summed E-state index contributed by atoms with van der Waals surface area (Å²) in [5.41, 5.74) is 7.79. The molecule has 1 aromatic rings. The number of nitrogens with one attached hydrogen (secondary N) is 1. The Morgan fingerprint density at radius 3 is 2.68 bits per heavy atom. The molecule has 4 rings (SSSR count).